The smallest absolute Gasteiger partial charge is 0.145 e. The van der Waals surface area contributed by atoms with E-state index in [1.807, 2.05) is 29.5 Å². The van der Waals surface area contributed by atoms with Crippen molar-refractivity contribution in [1.29, 1.82) is 0 Å². The molecule has 4 heteroatoms. The van der Waals surface area contributed by atoms with E-state index in [-0.39, 0.29) is 0 Å². The van der Waals surface area contributed by atoms with Crippen molar-refractivity contribution in [2.75, 3.05) is 4.90 Å². The zero-order chi connectivity index (χ0) is 34.2. The van der Waals surface area contributed by atoms with E-state index in [9.17, 15) is 0 Å². The number of benzene rings is 8. The molecule has 0 fully saturated rings. The van der Waals surface area contributed by atoms with Gasteiger partial charge in [0.25, 0.3) is 0 Å². The van der Waals surface area contributed by atoms with Gasteiger partial charge < -0.3 is 13.7 Å². The molecule has 0 spiro atoms. The highest BCUT2D eigenvalue weighted by Crippen LogP contribution is 2.50. The highest BCUT2D eigenvalue weighted by molar-refractivity contribution is 7.26. The van der Waals surface area contributed by atoms with Crippen LogP contribution >= 0.6 is 11.3 Å². The second-order valence-corrected chi connectivity index (χ2v) is 14.3. The molecule has 0 bridgehead atoms. The standard InChI is InChI=1S/C48H29NO2S/c1-3-13-30(14-4-1)33-26-27-40(46-37-18-8-10-23-42(37)51-47(33)46)49(39-21-12-24-43-45(39)36-17-7-9-22-41(36)50-43)32-25-28-44-38(29-32)35-20-11-19-34(48(35)52-44)31-15-5-2-6-16-31/h1-29H. The van der Waals surface area contributed by atoms with Gasteiger partial charge in [0.05, 0.1) is 22.1 Å². The molecule has 244 valence electrons. The van der Waals surface area contributed by atoms with Crippen LogP contribution in [0.3, 0.4) is 0 Å². The van der Waals surface area contributed by atoms with E-state index in [1.54, 1.807) is 0 Å². The Morgan fingerprint density at radius 3 is 1.81 bits per heavy atom. The molecule has 0 radical (unpaired) electrons. The van der Waals surface area contributed by atoms with Gasteiger partial charge in [0.15, 0.2) is 0 Å². The predicted molar refractivity (Wildman–Crippen MR) is 219 cm³/mol. The number of para-hydroxylation sites is 2. The minimum atomic E-state index is 0.854. The van der Waals surface area contributed by atoms with E-state index >= 15 is 0 Å². The van der Waals surface area contributed by atoms with Crippen molar-refractivity contribution in [3.05, 3.63) is 176 Å². The summed E-state index contributed by atoms with van der Waals surface area (Å²) in [4.78, 5) is 2.41. The van der Waals surface area contributed by atoms with Crippen LogP contribution in [-0.4, -0.2) is 0 Å². The molecule has 3 nitrogen and oxygen atoms in total. The molecule has 0 unspecified atom stereocenters. The lowest BCUT2D eigenvalue weighted by Crippen LogP contribution is -2.11. The average molecular weight is 684 g/mol. The van der Waals surface area contributed by atoms with E-state index in [0.717, 1.165) is 72.1 Å². The quantitative estimate of drug-likeness (QED) is 0.181. The van der Waals surface area contributed by atoms with Crippen LogP contribution in [0.1, 0.15) is 0 Å². The first-order chi connectivity index (χ1) is 25.8. The van der Waals surface area contributed by atoms with Crippen LogP contribution in [0.15, 0.2) is 185 Å². The first kappa shape index (κ1) is 29.1. The second-order valence-electron chi connectivity index (χ2n) is 13.2. The number of furan rings is 2. The zero-order valence-corrected chi connectivity index (χ0v) is 28.7. The summed E-state index contributed by atoms with van der Waals surface area (Å²) in [6, 6.07) is 62.4. The molecule has 0 amide bonds. The minimum Gasteiger partial charge on any atom is -0.456 e. The molecule has 0 saturated heterocycles. The number of hydrogen-bond acceptors (Lipinski definition) is 4. The average Bonchev–Trinajstić information content (AvgIpc) is 3.90. The van der Waals surface area contributed by atoms with Gasteiger partial charge in [-0.3, -0.25) is 0 Å². The summed E-state index contributed by atoms with van der Waals surface area (Å²) in [5, 5.41) is 6.80. The summed E-state index contributed by atoms with van der Waals surface area (Å²) >= 11 is 1.86. The van der Waals surface area contributed by atoms with Crippen LogP contribution in [0, 0.1) is 0 Å². The van der Waals surface area contributed by atoms with Crippen LogP contribution in [0.4, 0.5) is 17.1 Å². The number of anilines is 3. The van der Waals surface area contributed by atoms with Gasteiger partial charge in [-0.15, -0.1) is 11.3 Å². The van der Waals surface area contributed by atoms with Gasteiger partial charge in [0.1, 0.15) is 22.3 Å². The van der Waals surface area contributed by atoms with Gasteiger partial charge in [-0.25, -0.2) is 0 Å². The predicted octanol–water partition coefficient (Wildman–Crippen LogP) is 14.7. The molecule has 0 aliphatic heterocycles. The summed E-state index contributed by atoms with van der Waals surface area (Å²) in [7, 11) is 0. The van der Waals surface area contributed by atoms with E-state index < -0.39 is 0 Å². The molecule has 0 aliphatic rings. The topological polar surface area (TPSA) is 29.5 Å². The fourth-order valence-electron chi connectivity index (χ4n) is 7.96. The summed E-state index contributed by atoms with van der Waals surface area (Å²) in [5.74, 6) is 0. The summed E-state index contributed by atoms with van der Waals surface area (Å²) in [6.07, 6.45) is 0. The van der Waals surface area contributed by atoms with E-state index in [0.29, 0.717) is 0 Å². The van der Waals surface area contributed by atoms with Gasteiger partial charge in [-0.2, -0.15) is 0 Å². The second kappa shape index (κ2) is 11.5. The van der Waals surface area contributed by atoms with E-state index in [2.05, 4.69) is 163 Å². The normalized spacial score (nSPS) is 11.8. The van der Waals surface area contributed by atoms with Crippen LogP contribution in [0.5, 0.6) is 0 Å². The number of fused-ring (bicyclic) bond motifs is 9. The maximum absolute atomic E-state index is 6.77. The fourth-order valence-corrected chi connectivity index (χ4v) is 9.18. The molecule has 0 atom stereocenters. The Morgan fingerprint density at radius 1 is 0.404 bits per heavy atom. The fraction of sp³-hybridized carbons (Fsp3) is 0. The molecule has 11 rings (SSSR count). The maximum atomic E-state index is 6.77. The highest BCUT2D eigenvalue weighted by Gasteiger charge is 2.25. The molecule has 8 aromatic carbocycles. The lowest BCUT2D eigenvalue weighted by molar-refractivity contribution is 0.669. The summed E-state index contributed by atoms with van der Waals surface area (Å²) in [6.45, 7) is 0. The Labute approximate surface area is 303 Å². The molecular formula is C48H29NO2S. The summed E-state index contributed by atoms with van der Waals surface area (Å²) < 4.78 is 15.8. The molecule has 11 aromatic rings. The summed E-state index contributed by atoms with van der Waals surface area (Å²) in [5.41, 5.74) is 11.3. The minimum absolute atomic E-state index is 0.854. The molecule has 3 aromatic heterocycles. The van der Waals surface area contributed by atoms with Crippen LogP contribution in [-0.2, 0) is 0 Å². The van der Waals surface area contributed by atoms with Crippen molar-refractivity contribution in [3.63, 3.8) is 0 Å². The lowest BCUT2D eigenvalue weighted by Gasteiger charge is -2.27. The molecule has 3 heterocycles. The number of hydrogen-bond donors (Lipinski definition) is 0. The van der Waals surface area contributed by atoms with E-state index in [1.165, 1.54) is 31.3 Å². The third kappa shape index (κ3) is 4.38. The largest absolute Gasteiger partial charge is 0.456 e. The Kier molecular flexibility index (Phi) is 6.42. The SMILES string of the molecule is c1ccc(-c2ccc(N(c3ccc4sc5c(-c6ccccc6)cccc5c4c3)c3cccc4oc5ccccc5c34)c3c2oc2ccccc23)cc1. The van der Waals surface area contributed by atoms with Crippen molar-refractivity contribution in [2.24, 2.45) is 0 Å². The molecule has 52 heavy (non-hydrogen) atoms. The third-order valence-corrected chi connectivity index (χ3v) is 11.5. The van der Waals surface area contributed by atoms with Gasteiger partial charge in [-0.05, 0) is 71.3 Å². The molecule has 0 aliphatic carbocycles. The lowest BCUT2D eigenvalue weighted by atomic mass is 9.99. The van der Waals surface area contributed by atoms with Crippen LogP contribution < -0.4 is 4.90 Å². The highest BCUT2D eigenvalue weighted by atomic mass is 32.1. The van der Waals surface area contributed by atoms with Crippen molar-refractivity contribution in [2.45, 2.75) is 0 Å². The van der Waals surface area contributed by atoms with E-state index in [4.69, 9.17) is 8.83 Å². The number of thiophene rings is 1. The number of rotatable bonds is 5. The first-order valence-electron chi connectivity index (χ1n) is 17.5. The maximum Gasteiger partial charge on any atom is 0.145 e. The Bertz CT molecular complexity index is 3130. The van der Waals surface area contributed by atoms with Gasteiger partial charge in [0.2, 0.25) is 0 Å². The Hall–Kier alpha value is -6.62. The van der Waals surface area contributed by atoms with Crippen LogP contribution in [0.2, 0.25) is 0 Å². The first-order valence-corrected chi connectivity index (χ1v) is 18.3. The van der Waals surface area contributed by atoms with Gasteiger partial charge in [-0.1, -0.05) is 121 Å². The van der Waals surface area contributed by atoms with Crippen molar-refractivity contribution in [1.82, 2.24) is 0 Å². The van der Waals surface area contributed by atoms with Crippen molar-refractivity contribution < 1.29 is 8.83 Å². The van der Waals surface area contributed by atoms with Crippen LogP contribution in [0.25, 0.3) is 86.3 Å². The van der Waals surface area contributed by atoms with Crippen molar-refractivity contribution in [3.8, 4) is 22.3 Å². The zero-order valence-electron chi connectivity index (χ0n) is 27.9. The molecule has 0 saturated carbocycles. The van der Waals surface area contributed by atoms with Crippen molar-refractivity contribution >= 4 is 92.4 Å². The molecular weight excluding hydrogens is 655 g/mol. The van der Waals surface area contributed by atoms with Gasteiger partial charge in [0, 0.05) is 42.2 Å². The Morgan fingerprint density at radius 2 is 1.02 bits per heavy atom. The molecule has 0 N–H and O–H groups in total. The number of nitrogens with zero attached hydrogens (tertiary/aromatic N) is 1. The monoisotopic (exact) mass is 683 g/mol. The van der Waals surface area contributed by atoms with Gasteiger partial charge >= 0.3 is 0 Å². The Balaban J connectivity index is 1.24. The third-order valence-electron chi connectivity index (χ3n) is 10.3.